The van der Waals surface area contributed by atoms with Gasteiger partial charge in [-0.2, -0.15) is 0 Å². The summed E-state index contributed by atoms with van der Waals surface area (Å²) in [7, 11) is 0. The van der Waals surface area contributed by atoms with Crippen molar-refractivity contribution >= 4 is 29.0 Å². The summed E-state index contributed by atoms with van der Waals surface area (Å²) in [5, 5.41) is 21.4. The molecule has 0 aliphatic carbocycles. The molecule has 3 N–H and O–H groups in total. The minimum atomic E-state index is -0.542. The minimum Gasteiger partial charge on any atom is -0.335 e. The Morgan fingerprint density at radius 1 is 1.22 bits per heavy atom. The van der Waals surface area contributed by atoms with Gasteiger partial charge in [0.2, 0.25) is 11.1 Å². The number of amides is 1. The molecule has 0 aliphatic rings. The largest absolute Gasteiger partial charge is 0.335 e. The third-order valence-corrected chi connectivity index (χ3v) is 4.73. The van der Waals surface area contributed by atoms with E-state index in [1.807, 2.05) is 30.3 Å². The van der Waals surface area contributed by atoms with E-state index >= 15 is 0 Å². The molecule has 1 atom stereocenters. The second kappa shape index (κ2) is 7.87. The number of nitrogens with zero attached hydrogens (tertiary/aromatic N) is 4. The molecule has 10 heteroatoms. The first kappa shape index (κ1) is 18.4. The van der Waals surface area contributed by atoms with Crippen molar-refractivity contribution in [3.05, 3.63) is 64.7 Å². The molecule has 0 fully saturated rings. The van der Waals surface area contributed by atoms with Crippen molar-refractivity contribution in [2.45, 2.75) is 17.3 Å². The van der Waals surface area contributed by atoms with Gasteiger partial charge in [0, 0.05) is 23.4 Å². The number of rotatable bonds is 6. The number of nitro groups is 1. The lowest BCUT2D eigenvalue weighted by molar-refractivity contribution is -0.384. The zero-order valence-electron chi connectivity index (χ0n) is 14.3. The van der Waals surface area contributed by atoms with E-state index in [1.165, 1.54) is 22.9 Å². The number of nitrogens with one attached hydrogen (secondary N) is 1. The van der Waals surface area contributed by atoms with Gasteiger partial charge in [-0.15, -0.1) is 10.2 Å². The van der Waals surface area contributed by atoms with E-state index in [0.717, 1.165) is 17.3 Å². The van der Waals surface area contributed by atoms with Crippen LogP contribution in [0.15, 0.2) is 59.8 Å². The van der Waals surface area contributed by atoms with E-state index in [-0.39, 0.29) is 11.6 Å². The number of nitrogen functional groups attached to an aromatic ring is 1. The van der Waals surface area contributed by atoms with Gasteiger partial charge >= 0.3 is 0 Å². The van der Waals surface area contributed by atoms with Crippen LogP contribution in [0.1, 0.15) is 6.92 Å². The van der Waals surface area contributed by atoms with Crippen LogP contribution < -0.4 is 11.2 Å². The van der Waals surface area contributed by atoms with Crippen LogP contribution in [0.25, 0.3) is 11.4 Å². The number of hydrogen-bond donors (Lipinski definition) is 2. The lowest BCUT2D eigenvalue weighted by atomic mass is 10.2. The summed E-state index contributed by atoms with van der Waals surface area (Å²) in [5.74, 6) is 6.21. The van der Waals surface area contributed by atoms with Crippen LogP contribution in [0.4, 0.5) is 11.4 Å². The van der Waals surface area contributed by atoms with E-state index in [1.54, 1.807) is 13.0 Å². The van der Waals surface area contributed by atoms with Gasteiger partial charge in [0.15, 0.2) is 5.82 Å². The maximum atomic E-state index is 12.4. The molecule has 0 saturated carbocycles. The third-order valence-electron chi connectivity index (χ3n) is 3.67. The Morgan fingerprint density at radius 3 is 2.67 bits per heavy atom. The molecule has 1 amide bonds. The van der Waals surface area contributed by atoms with Crippen molar-refractivity contribution in [3.63, 3.8) is 0 Å². The molecule has 1 heterocycles. The Bertz CT molecular complexity index is 976. The van der Waals surface area contributed by atoms with Gasteiger partial charge in [-0.25, -0.2) is 4.68 Å². The van der Waals surface area contributed by atoms with Crippen molar-refractivity contribution in [2.24, 2.45) is 0 Å². The molecule has 0 bridgehead atoms. The zero-order valence-corrected chi connectivity index (χ0v) is 15.1. The Kier molecular flexibility index (Phi) is 5.36. The molecule has 1 unspecified atom stereocenters. The summed E-state index contributed by atoms with van der Waals surface area (Å²) in [5.41, 5.74) is 1.07. The highest BCUT2D eigenvalue weighted by Crippen LogP contribution is 2.26. The maximum Gasteiger partial charge on any atom is 0.271 e. The van der Waals surface area contributed by atoms with Crippen LogP contribution in [0.5, 0.6) is 0 Å². The van der Waals surface area contributed by atoms with Crippen molar-refractivity contribution in [2.75, 3.05) is 11.2 Å². The number of nitrogens with two attached hydrogens (primary N) is 1. The summed E-state index contributed by atoms with van der Waals surface area (Å²) in [4.78, 5) is 22.7. The number of anilines is 1. The molecule has 0 spiro atoms. The van der Waals surface area contributed by atoms with Crippen LogP contribution in [-0.2, 0) is 4.79 Å². The Morgan fingerprint density at radius 2 is 1.96 bits per heavy atom. The van der Waals surface area contributed by atoms with Gasteiger partial charge in [0.1, 0.15) is 0 Å². The normalized spacial score (nSPS) is 11.7. The number of non-ortho nitro benzene ring substituents is 1. The topological polar surface area (TPSA) is 129 Å². The Balaban J connectivity index is 1.69. The Labute approximate surface area is 158 Å². The van der Waals surface area contributed by atoms with Crippen molar-refractivity contribution in [3.8, 4) is 11.4 Å². The minimum absolute atomic E-state index is 0.0951. The fourth-order valence-corrected chi connectivity index (χ4v) is 3.06. The third kappa shape index (κ3) is 4.23. The second-order valence-electron chi connectivity index (χ2n) is 5.60. The predicted molar refractivity (Wildman–Crippen MR) is 103 cm³/mol. The highest BCUT2D eigenvalue weighted by Gasteiger charge is 2.20. The summed E-state index contributed by atoms with van der Waals surface area (Å²) >= 11 is 1.14. The number of thioether (sulfide) groups is 1. The first-order valence-electron chi connectivity index (χ1n) is 7.93. The van der Waals surface area contributed by atoms with Gasteiger partial charge in [0.25, 0.3) is 5.69 Å². The molecule has 2 aromatic carbocycles. The van der Waals surface area contributed by atoms with Crippen LogP contribution >= 0.6 is 11.8 Å². The molecule has 3 aromatic rings. The Hall–Kier alpha value is -3.40. The molecule has 0 radical (unpaired) electrons. The number of carbonyl (C=O) groups excluding carboxylic acids is 1. The van der Waals surface area contributed by atoms with E-state index in [0.29, 0.717) is 16.7 Å². The van der Waals surface area contributed by atoms with Crippen molar-refractivity contribution < 1.29 is 9.72 Å². The highest BCUT2D eigenvalue weighted by atomic mass is 32.2. The smallest absolute Gasteiger partial charge is 0.271 e. The summed E-state index contributed by atoms with van der Waals surface area (Å²) in [6.07, 6.45) is 0. The monoisotopic (exact) mass is 384 g/mol. The quantitative estimate of drug-likeness (QED) is 0.289. The second-order valence-corrected chi connectivity index (χ2v) is 6.91. The number of carbonyl (C=O) groups is 1. The molecular formula is C17H16N6O3S. The molecule has 3 rings (SSSR count). The van der Waals surface area contributed by atoms with Gasteiger partial charge in [-0.3, -0.25) is 14.9 Å². The molecule has 9 nitrogen and oxygen atoms in total. The first-order chi connectivity index (χ1) is 13.0. The predicted octanol–water partition coefficient (Wildman–Crippen LogP) is 2.69. The SMILES string of the molecule is CC(Sc1nnc(-c2ccccc2)n1N)C(=O)Nc1cccc([N+](=O)[O-])c1. The van der Waals surface area contributed by atoms with E-state index < -0.39 is 10.2 Å². The summed E-state index contributed by atoms with van der Waals surface area (Å²) in [6.45, 7) is 1.69. The van der Waals surface area contributed by atoms with Gasteiger partial charge in [-0.05, 0) is 13.0 Å². The lowest BCUT2D eigenvalue weighted by Gasteiger charge is -2.11. The van der Waals surface area contributed by atoms with E-state index in [9.17, 15) is 14.9 Å². The molecule has 27 heavy (non-hydrogen) atoms. The van der Waals surface area contributed by atoms with E-state index in [2.05, 4.69) is 15.5 Å². The van der Waals surface area contributed by atoms with Gasteiger partial charge in [0.05, 0.1) is 10.2 Å². The number of aromatic nitrogens is 3. The highest BCUT2D eigenvalue weighted by molar-refractivity contribution is 8.00. The maximum absolute atomic E-state index is 12.4. The molecule has 0 aliphatic heterocycles. The van der Waals surface area contributed by atoms with Crippen LogP contribution in [0.3, 0.4) is 0 Å². The number of nitro benzene ring substituents is 1. The zero-order chi connectivity index (χ0) is 19.4. The van der Waals surface area contributed by atoms with E-state index in [4.69, 9.17) is 5.84 Å². The molecule has 1 aromatic heterocycles. The van der Waals surface area contributed by atoms with Crippen LogP contribution in [0.2, 0.25) is 0 Å². The fourth-order valence-electron chi connectivity index (χ4n) is 2.29. The first-order valence-corrected chi connectivity index (χ1v) is 8.81. The summed E-state index contributed by atoms with van der Waals surface area (Å²) < 4.78 is 1.33. The standard InChI is InChI=1S/C17H16N6O3S/c1-11(16(24)19-13-8-5-9-14(10-13)23(25)26)27-17-21-20-15(22(17)18)12-6-3-2-4-7-12/h2-11H,18H2,1H3,(H,19,24). The average Bonchev–Trinajstić information content (AvgIpc) is 3.03. The summed E-state index contributed by atoms with van der Waals surface area (Å²) in [6, 6.07) is 15.1. The number of benzene rings is 2. The molecule has 0 saturated heterocycles. The fraction of sp³-hybridized carbons (Fsp3) is 0.118. The molecular weight excluding hydrogens is 368 g/mol. The van der Waals surface area contributed by atoms with Crippen molar-refractivity contribution in [1.82, 2.24) is 14.9 Å². The van der Waals surface area contributed by atoms with Crippen LogP contribution in [-0.4, -0.2) is 31.0 Å². The molecule has 138 valence electrons. The number of hydrogen-bond acceptors (Lipinski definition) is 7. The van der Waals surface area contributed by atoms with Gasteiger partial charge in [-0.1, -0.05) is 48.2 Å². The van der Waals surface area contributed by atoms with Crippen molar-refractivity contribution in [1.29, 1.82) is 0 Å². The van der Waals surface area contributed by atoms with Crippen LogP contribution in [0, 0.1) is 10.1 Å². The lowest BCUT2D eigenvalue weighted by Crippen LogP contribution is -2.23. The average molecular weight is 384 g/mol. The van der Waals surface area contributed by atoms with Gasteiger partial charge < -0.3 is 11.2 Å².